The summed E-state index contributed by atoms with van der Waals surface area (Å²) in [4.78, 5) is 2.13. The number of nitrogens with zero attached hydrogens (tertiary/aromatic N) is 3. The minimum Gasteiger partial charge on any atom is -0.381 e. The van der Waals surface area contributed by atoms with E-state index < -0.39 is 0 Å². The van der Waals surface area contributed by atoms with Gasteiger partial charge in [-0.25, -0.2) is 0 Å². The maximum Gasteiger partial charge on any atom is 0.150 e. The molecule has 1 aromatic rings. The molecule has 2 heterocycles. The highest BCUT2D eigenvalue weighted by atomic mass is 16.5. The number of anilines is 1. The monoisotopic (exact) mass is 236 g/mol. The van der Waals surface area contributed by atoms with E-state index in [-0.39, 0.29) is 0 Å². The lowest BCUT2D eigenvalue weighted by Gasteiger charge is -2.27. The second-order valence-electron chi connectivity index (χ2n) is 4.55. The van der Waals surface area contributed by atoms with Crippen molar-refractivity contribution >= 4 is 5.82 Å². The predicted octanol–water partition coefficient (Wildman–Crippen LogP) is 0.798. The summed E-state index contributed by atoms with van der Waals surface area (Å²) < 4.78 is 5.48. The molecule has 1 fully saturated rings. The fourth-order valence-electron chi connectivity index (χ4n) is 2.10. The number of rotatable bonds is 4. The van der Waals surface area contributed by atoms with Crippen molar-refractivity contribution in [2.75, 3.05) is 31.7 Å². The summed E-state index contributed by atoms with van der Waals surface area (Å²) in [5.41, 5.74) is 6.32. The third-order valence-electron chi connectivity index (χ3n) is 3.09. The molecule has 5 heteroatoms. The molecule has 1 unspecified atom stereocenters. The highest BCUT2D eigenvalue weighted by Gasteiger charge is 2.16. The summed E-state index contributed by atoms with van der Waals surface area (Å²) in [5, 5.41) is 8.23. The first kappa shape index (κ1) is 12.3. The van der Waals surface area contributed by atoms with Crippen LogP contribution in [0.15, 0.2) is 12.1 Å². The van der Waals surface area contributed by atoms with Crippen LogP contribution in [0, 0.1) is 5.92 Å². The van der Waals surface area contributed by atoms with E-state index in [1.165, 1.54) is 6.42 Å². The molecular weight excluding hydrogens is 216 g/mol. The van der Waals surface area contributed by atoms with E-state index in [2.05, 4.69) is 15.1 Å². The number of hydrogen-bond donors (Lipinski definition) is 1. The van der Waals surface area contributed by atoms with Crippen LogP contribution in [0.4, 0.5) is 5.82 Å². The molecule has 1 aromatic heterocycles. The van der Waals surface area contributed by atoms with E-state index in [4.69, 9.17) is 10.5 Å². The second-order valence-corrected chi connectivity index (χ2v) is 4.55. The molecular formula is C12H20N4O. The summed E-state index contributed by atoms with van der Waals surface area (Å²) in [6.07, 6.45) is 2.40. The number of aromatic nitrogens is 2. The van der Waals surface area contributed by atoms with Crippen molar-refractivity contribution in [3.63, 3.8) is 0 Å². The Balaban J connectivity index is 1.91. The molecule has 0 aromatic carbocycles. The average molecular weight is 236 g/mol. The zero-order chi connectivity index (χ0) is 12.1. The van der Waals surface area contributed by atoms with Crippen molar-refractivity contribution < 1.29 is 4.74 Å². The van der Waals surface area contributed by atoms with Crippen molar-refractivity contribution in [2.45, 2.75) is 19.4 Å². The molecule has 1 aliphatic heterocycles. The minimum absolute atomic E-state index is 0.438. The molecule has 2 rings (SSSR count). The fourth-order valence-corrected chi connectivity index (χ4v) is 2.10. The Bertz CT molecular complexity index is 335. The largest absolute Gasteiger partial charge is 0.381 e. The van der Waals surface area contributed by atoms with Gasteiger partial charge in [0.05, 0.1) is 12.3 Å². The van der Waals surface area contributed by atoms with Crippen LogP contribution < -0.4 is 10.6 Å². The minimum atomic E-state index is 0.438. The Hall–Kier alpha value is -1.20. The van der Waals surface area contributed by atoms with Gasteiger partial charge in [-0.1, -0.05) is 0 Å². The molecule has 1 aliphatic rings. The molecule has 0 saturated carbocycles. The highest BCUT2D eigenvalue weighted by Crippen LogP contribution is 2.17. The molecule has 0 amide bonds. The van der Waals surface area contributed by atoms with Gasteiger partial charge in [-0.15, -0.1) is 5.10 Å². The van der Waals surface area contributed by atoms with Crippen molar-refractivity contribution in [1.29, 1.82) is 0 Å². The first-order chi connectivity index (χ1) is 8.29. The van der Waals surface area contributed by atoms with Crippen LogP contribution in [-0.4, -0.2) is 37.0 Å². The third-order valence-corrected chi connectivity index (χ3v) is 3.09. The Morgan fingerprint density at radius 1 is 1.47 bits per heavy atom. The van der Waals surface area contributed by atoms with Gasteiger partial charge >= 0.3 is 0 Å². The summed E-state index contributed by atoms with van der Waals surface area (Å²) >= 11 is 0. The van der Waals surface area contributed by atoms with Gasteiger partial charge in [-0.2, -0.15) is 5.10 Å². The molecule has 1 saturated heterocycles. The van der Waals surface area contributed by atoms with Gasteiger partial charge in [0.1, 0.15) is 0 Å². The van der Waals surface area contributed by atoms with Crippen LogP contribution in [0.3, 0.4) is 0 Å². The maximum absolute atomic E-state index is 5.49. The Morgan fingerprint density at radius 2 is 2.35 bits per heavy atom. The number of hydrogen-bond acceptors (Lipinski definition) is 5. The van der Waals surface area contributed by atoms with Crippen LogP contribution in [0.1, 0.15) is 18.5 Å². The lowest BCUT2D eigenvalue weighted by atomic mass is 10.0. The first-order valence-electron chi connectivity index (χ1n) is 6.11. The average Bonchev–Trinajstić information content (AvgIpc) is 2.40. The lowest BCUT2D eigenvalue weighted by Crippen LogP contribution is -2.31. The Labute approximate surface area is 102 Å². The highest BCUT2D eigenvalue weighted by molar-refractivity contribution is 5.36. The quantitative estimate of drug-likeness (QED) is 0.837. The van der Waals surface area contributed by atoms with E-state index in [0.717, 1.165) is 37.7 Å². The van der Waals surface area contributed by atoms with E-state index >= 15 is 0 Å². The molecule has 2 N–H and O–H groups in total. The van der Waals surface area contributed by atoms with Crippen LogP contribution in [0.2, 0.25) is 0 Å². The fraction of sp³-hybridized carbons (Fsp3) is 0.667. The molecule has 5 nitrogen and oxygen atoms in total. The molecule has 94 valence electrons. The first-order valence-corrected chi connectivity index (χ1v) is 6.11. The predicted molar refractivity (Wildman–Crippen MR) is 66.7 cm³/mol. The summed E-state index contributed by atoms with van der Waals surface area (Å²) in [6, 6.07) is 3.90. The Kier molecular flexibility index (Phi) is 4.28. The zero-order valence-electron chi connectivity index (χ0n) is 10.3. The standard InChI is InChI=1S/C12H20N4O/c1-16(8-10-3-2-6-17-9-10)12-5-4-11(7-13)14-15-12/h4-5,10H,2-3,6-9,13H2,1H3. The summed E-state index contributed by atoms with van der Waals surface area (Å²) in [7, 11) is 2.04. The normalized spacial score (nSPS) is 20.2. The molecule has 0 aliphatic carbocycles. The van der Waals surface area contributed by atoms with Crippen molar-refractivity contribution in [3.05, 3.63) is 17.8 Å². The van der Waals surface area contributed by atoms with Gasteiger partial charge in [0.2, 0.25) is 0 Å². The topological polar surface area (TPSA) is 64.3 Å². The zero-order valence-corrected chi connectivity index (χ0v) is 10.3. The molecule has 0 spiro atoms. The second kappa shape index (κ2) is 5.93. The summed E-state index contributed by atoms with van der Waals surface area (Å²) in [6.45, 7) is 3.17. The molecule has 1 atom stereocenters. The van der Waals surface area contributed by atoms with Crippen LogP contribution >= 0.6 is 0 Å². The van der Waals surface area contributed by atoms with Gasteiger partial charge < -0.3 is 15.4 Å². The maximum atomic E-state index is 5.49. The smallest absolute Gasteiger partial charge is 0.150 e. The molecule has 0 bridgehead atoms. The number of ether oxygens (including phenoxy) is 1. The van der Waals surface area contributed by atoms with Crippen molar-refractivity contribution in [1.82, 2.24) is 10.2 Å². The lowest BCUT2D eigenvalue weighted by molar-refractivity contribution is 0.0576. The number of nitrogens with two attached hydrogens (primary N) is 1. The van der Waals surface area contributed by atoms with Gasteiger partial charge in [-0.05, 0) is 30.9 Å². The van der Waals surface area contributed by atoms with E-state index in [9.17, 15) is 0 Å². The van der Waals surface area contributed by atoms with Gasteiger partial charge in [0.25, 0.3) is 0 Å². The molecule has 0 radical (unpaired) electrons. The van der Waals surface area contributed by atoms with Crippen LogP contribution in [-0.2, 0) is 11.3 Å². The van der Waals surface area contributed by atoms with Crippen molar-refractivity contribution in [3.8, 4) is 0 Å². The Morgan fingerprint density at radius 3 is 2.94 bits per heavy atom. The van der Waals surface area contributed by atoms with Crippen LogP contribution in [0.5, 0.6) is 0 Å². The van der Waals surface area contributed by atoms with E-state index in [1.807, 2.05) is 19.2 Å². The third kappa shape index (κ3) is 3.38. The molecule has 17 heavy (non-hydrogen) atoms. The van der Waals surface area contributed by atoms with E-state index in [1.54, 1.807) is 0 Å². The van der Waals surface area contributed by atoms with Crippen molar-refractivity contribution in [2.24, 2.45) is 11.7 Å². The van der Waals surface area contributed by atoms with Gasteiger partial charge in [-0.3, -0.25) is 0 Å². The van der Waals surface area contributed by atoms with Crippen LogP contribution in [0.25, 0.3) is 0 Å². The van der Waals surface area contributed by atoms with E-state index in [0.29, 0.717) is 12.5 Å². The SMILES string of the molecule is CN(CC1CCCOC1)c1ccc(CN)nn1. The van der Waals surface area contributed by atoms with Gasteiger partial charge in [0.15, 0.2) is 5.82 Å². The summed E-state index contributed by atoms with van der Waals surface area (Å²) in [5.74, 6) is 1.50. The van der Waals surface area contributed by atoms with Gasteiger partial charge in [0, 0.05) is 26.7 Å².